The van der Waals surface area contributed by atoms with Crippen LogP contribution < -0.4 is 5.32 Å². The first-order valence-corrected chi connectivity index (χ1v) is 7.05. The molecule has 2 atom stereocenters. The van der Waals surface area contributed by atoms with Gasteiger partial charge in [-0.25, -0.2) is 9.59 Å². The third-order valence-electron chi connectivity index (χ3n) is 3.18. The number of methoxy groups -OCH3 is 1. The summed E-state index contributed by atoms with van der Waals surface area (Å²) >= 11 is 0. The summed E-state index contributed by atoms with van der Waals surface area (Å²) in [7, 11) is 1.29. The summed E-state index contributed by atoms with van der Waals surface area (Å²) in [6.07, 6.45) is 0.751. The first-order valence-electron chi connectivity index (χ1n) is 7.05. The molecule has 1 rings (SSSR count). The zero-order valence-corrected chi connectivity index (χ0v) is 13.1. The lowest BCUT2D eigenvalue weighted by atomic mass is 9.92. The molecule has 7 nitrogen and oxygen atoms in total. The van der Waals surface area contributed by atoms with Gasteiger partial charge in [0.1, 0.15) is 5.60 Å². The van der Waals surface area contributed by atoms with Gasteiger partial charge in [-0.1, -0.05) is 0 Å². The molecule has 1 aliphatic rings. The van der Waals surface area contributed by atoms with Crippen molar-refractivity contribution < 1.29 is 28.9 Å². The molecule has 7 heteroatoms. The van der Waals surface area contributed by atoms with Gasteiger partial charge in [0.2, 0.25) is 0 Å². The smallest absolute Gasteiger partial charge is 0.407 e. The Morgan fingerprint density at radius 1 is 1.43 bits per heavy atom. The van der Waals surface area contributed by atoms with E-state index in [1.165, 1.54) is 7.11 Å². The van der Waals surface area contributed by atoms with Crippen LogP contribution >= 0.6 is 0 Å². The molecule has 0 aromatic heterocycles. The highest BCUT2D eigenvalue weighted by Crippen LogP contribution is 2.31. The standard InChI is InChI=1S/C14H25NO6/c1-13(2,3)21-12(18)15-10(9-16)8-14(11(17)19-4)6-5-7-20-14/h10,16H,5-9H2,1-4H3,(H,15,18)/t10-,14-/m0/s1. The minimum Gasteiger partial charge on any atom is -0.467 e. The van der Waals surface area contributed by atoms with Crippen molar-refractivity contribution in [2.45, 2.75) is 57.3 Å². The zero-order valence-electron chi connectivity index (χ0n) is 13.1. The van der Waals surface area contributed by atoms with E-state index in [1.807, 2.05) is 0 Å². The Hall–Kier alpha value is -1.34. The summed E-state index contributed by atoms with van der Waals surface area (Å²) in [5.41, 5.74) is -1.73. The van der Waals surface area contributed by atoms with Crippen molar-refractivity contribution >= 4 is 12.1 Å². The monoisotopic (exact) mass is 303 g/mol. The van der Waals surface area contributed by atoms with E-state index >= 15 is 0 Å². The van der Waals surface area contributed by atoms with E-state index in [1.54, 1.807) is 20.8 Å². The first kappa shape index (κ1) is 17.7. The van der Waals surface area contributed by atoms with Crippen LogP contribution in [0, 0.1) is 0 Å². The van der Waals surface area contributed by atoms with Gasteiger partial charge in [0.25, 0.3) is 0 Å². The number of carbonyl (C=O) groups excluding carboxylic acids is 2. The quantitative estimate of drug-likeness (QED) is 0.735. The number of hydrogen-bond donors (Lipinski definition) is 2. The normalized spacial score (nSPS) is 23.5. The second-order valence-corrected chi connectivity index (χ2v) is 6.17. The average molecular weight is 303 g/mol. The summed E-state index contributed by atoms with van der Waals surface area (Å²) in [4.78, 5) is 23.7. The topological polar surface area (TPSA) is 94.1 Å². The van der Waals surface area contributed by atoms with Crippen molar-refractivity contribution in [2.24, 2.45) is 0 Å². The second kappa shape index (κ2) is 7.09. The summed E-state index contributed by atoms with van der Waals surface area (Å²) in [6, 6.07) is -0.642. The van der Waals surface area contributed by atoms with Gasteiger partial charge in [-0.3, -0.25) is 0 Å². The Bertz CT molecular complexity index is 370. The fourth-order valence-electron chi connectivity index (χ4n) is 2.32. The van der Waals surface area contributed by atoms with Crippen molar-refractivity contribution in [3.63, 3.8) is 0 Å². The number of carbonyl (C=O) groups is 2. The molecular formula is C14H25NO6. The van der Waals surface area contributed by atoms with Crippen molar-refractivity contribution in [3.05, 3.63) is 0 Å². The van der Waals surface area contributed by atoms with E-state index in [9.17, 15) is 14.7 Å². The lowest BCUT2D eigenvalue weighted by molar-refractivity contribution is -0.165. The van der Waals surface area contributed by atoms with Gasteiger partial charge in [-0.2, -0.15) is 0 Å². The van der Waals surface area contributed by atoms with Gasteiger partial charge in [0, 0.05) is 13.0 Å². The number of hydrogen-bond acceptors (Lipinski definition) is 6. The van der Waals surface area contributed by atoms with E-state index < -0.39 is 29.3 Å². The van der Waals surface area contributed by atoms with Gasteiger partial charge in [0.05, 0.1) is 19.8 Å². The number of amides is 1. The summed E-state index contributed by atoms with van der Waals surface area (Å²) in [5, 5.41) is 12.0. The highest BCUT2D eigenvalue weighted by molar-refractivity contribution is 5.80. The van der Waals surface area contributed by atoms with Crippen LogP contribution in [0.15, 0.2) is 0 Å². The zero-order chi connectivity index (χ0) is 16.1. The predicted molar refractivity (Wildman–Crippen MR) is 74.8 cm³/mol. The van der Waals surface area contributed by atoms with E-state index in [2.05, 4.69) is 5.32 Å². The minimum atomic E-state index is -1.10. The molecule has 0 spiro atoms. The molecule has 1 heterocycles. The number of ether oxygens (including phenoxy) is 3. The third-order valence-corrected chi connectivity index (χ3v) is 3.18. The molecule has 0 saturated carbocycles. The Labute approximate surface area is 124 Å². The Balaban J connectivity index is 2.67. The van der Waals surface area contributed by atoms with Crippen molar-refractivity contribution in [1.82, 2.24) is 5.32 Å². The van der Waals surface area contributed by atoms with Crippen LogP contribution in [0.1, 0.15) is 40.0 Å². The maximum atomic E-state index is 11.9. The van der Waals surface area contributed by atoms with Crippen LogP contribution in [-0.2, 0) is 19.0 Å². The number of esters is 1. The summed E-state index contributed by atoms with van der Waals surface area (Å²) in [5.74, 6) is -0.482. The predicted octanol–water partition coefficient (Wildman–Crippen LogP) is 0.984. The van der Waals surface area contributed by atoms with Gasteiger partial charge >= 0.3 is 12.1 Å². The van der Waals surface area contributed by atoms with Crippen LogP contribution in [0.5, 0.6) is 0 Å². The van der Waals surface area contributed by atoms with Crippen LogP contribution in [-0.4, -0.2) is 54.7 Å². The number of nitrogens with one attached hydrogen (secondary N) is 1. The molecule has 2 N–H and O–H groups in total. The highest BCUT2D eigenvalue weighted by Gasteiger charge is 2.45. The molecule has 1 aliphatic heterocycles. The van der Waals surface area contributed by atoms with Crippen LogP contribution in [0.4, 0.5) is 4.79 Å². The van der Waals surface area contributed by atoms with Crippen LogP contribution in [0.2, 0.25) is 0 Å². The summed E-state index contributed by atoms with van der Waals surface area (Å²) < 4.78 is 15.4. The lowest BCUT2D eigenvalue weighted by Gasteiger charge is -2.30. The first-order chi connectivity index (χ1) is 9.72. The van der Waals surface area contributed by atoms with Gasteiger partial charge in [-0.15, -0.1) is 0 Å². The Morgan fingerprint density at radius 3 is 2.52 bits per heavy atom. The molecule has 0 aromatic carbocycles. The second-order valence-electron chi connectivity index (χ2n) is 6.17. The lowest BCUT2D eigenvalue weighted by Crippen LogP contribution is -2.49. The van der Waals surface area contributed by atoms with Gasteiger partial charge in [0.15, 0.2) is 5.60 Å². The molecule has 0 aliphatic carbocycles. The molecule has 0 unspecified atom stereocenters. The minimum absolute atomic E-state index is 0.148. The van der Waals surface area contributed by atoms with Gasteiger partial charge in [-0.05, 0) is 33.6 Å². The number of aliphatic hydroxyl groups excluding tert-OH is 1. The van der Waals surface area contributed by atoms with Crippen molar-refractivity contribution in [1.29, 1.82) is 0 Å². The molecular weight excluding hydrogens is 278 g/mol. The maximum Gasteiger partial charge on any atom is 0.407 e. The van der Waals surface area contributed by atoms with E-state index in [0.29, 0.717) is 13.0 Å². The fourth-order valence-corrected chi connectivity index (χ4v) is 2.32. The van der Waals surface area contributed by atoms with Crippen molar-refractivity contribution in [2.75, 3.05) is 20.3 Å². The van der Waals surface area contributed by atoms with Gasteiger partial charge < -0.3 is 24.6 Å². The maximum absolute atomic E-state index is 11.9. The summed E-state index contributed by atoms with van der Waals surface area (Å²) in [6.45, 7) is 5.38. The number of aliphatic hydroxyl groups is 1. The number of rotatable bonds is 5. The van der Waals surface area contributed by atoms with Crippen molar-refractivity contribution in [3.8, 4) is 0 Å². The van der Waals surface area contributed by atoms with E-state index in [0.717, 1.165) is 6.42 Å². The van der Waals surface area contributed by atoms with Crippen LogP contribution in [0.25, 0.3) is 0 Å². The van der Waals surface area contributed by atoms with E-state index in [-0.39, 0.29) is 13.0 Å². The Morgan fingerprint density at radius 2 is 2.10 bits per heavy atom. The largest absolute Gasteiger partial charge is 0.467 e. The molecule has 0 radical (unpaired) electrons. The highest BCUT2D eigenvalue weighted by atomic mass is 16.6. The molecule has 21 heavy (non-hydrogen) atoms. The fraction of sp³-hybridized carbons (Fsp3) is 0.857. The molecule has 0 aromatic rings. The van der Waals surface area contributed by atoms with Crippen LogP contribution in [0.3, 0.4) is 0 Å². The molecule has 1 fully saturated rings. The molecule has 122 valence electrons. The molecule has 0 bridgehead atoms. The Kier molecular flexibility index (Phi) is 5.98. The molecule has 1 amide bonds. The SMILES string of the molecule is COC(=O)[C@@]1(C[C@@H](CO)NC(=O)OC(C)(C)C)CCCO1. The third kappa shape index (κ3) is 5.17. The number of alkyl carbamates (subject to hydrolysis) is 1. The average Bonchev–Trinajstić information content (AvgIpc) is 2.84. The van der Waals surface area contributed by atoms with E-state index in [4.69, 9.17) is 14.2 Å². The molecule has 1 saturated heterocycles.